The molecule has 0 atom stereocenters. The number of rotatable bonds is 8. The second-order valence-corrected chi connectivity index (χ2v) is 18.9. The quantitative estimate of drug-likeness (QED) is 0.147. The largest absolute Gasteiger partial charge is 0.310 e. The zero-order valence-electron chi connectivity index (χ0n) is 40.4. The van der Waals surface area contributed by atoms with Gasteiger partial charge >= 0.3 is 0 Å². The van der Waals surface area contributed by atoms with Crippen LogP contribution in [0.2, 0.25) is 0 Å². The van der Waals surface area contributed by atoms with Crippen molar-refractivity contribution in [3.63, 3.8) is 0 Å². The Labute approximate surface area is 427 Å². The van der Waals surface area contributed by atoms with Gasteiger partial charge in [-0.25, -0.2) is 0 Å². The maximum absolute atomic E-state index is 4.44. The molecule has 0 spiro atoms. The smallest absolute Gasteiger partial charge is 0.0541 e. The highest BCUT2D eigenvalue weighted by Gasteiger charge is 2.20. The summed E-state index contributed by atoms with van der Waals surface area (Å²) in [6, 6.07) is 93.1. The lowest BCUT2D eigenvalue weighted by atomic mass is 9.90. The van der Waals surface area contributed by atoms with Crippen molar-refractivity contribution in [3.8, 4) is 61.3 Å². The van der Waals surface area contributed by atoms with Crippen LogP contribution in [0.25, 0.3) is 99.5 Å². The molecule has 344 valence electrons. The standard InChI is InChI=1S/C71H50N2/c1-49-16-5-2-10-22-59-46-62(42-43-64(59)66-26-14-13-24-63(49)66)73-70-44-36-57(54-30-28-52(29-31-54)50-17-6-3-7-18-50)47-67(70)68-48-58(37-45-71(68)73)55-34-40-61(41-35-55)72(69-27-15-23-56-21-11-12-25-65(56)69)60-38-32-53(33-39-60)51-19-8-4-9-20-51/h2-21,23-48H,1,22H2/b10-2-,16-5-. The van der Waals surface area contributed by atoms with Crippen LogP contribution in [0, 0.1) is 0 Å². The fourth-order valence-electron chi connectivity index (χ4n) is 10.9. The highest BCUT2D eigenvalue weighted by molar-refractivity contribution is 6.12. The van der Waals surface area contributed by atoms with Crippen LogP contribution in [-0.4, -0.2) is 4.57 Å². The Morgan fingerprint density at radius 2 is 0.849 bits per heavy atom. The van der Waals surface area contributed by atoms with Gasteiger partial charge in [0.1, 0.15) is 0 Å². The fourth-order valence-corrected chi connectivity index (χ4v) is 10.9. The van der Waals surface area contributed by atoms with E-state index in [2.05, 4.69) is 295 Å². The zero-order valence-corrected chi connectivity index (χ0v) is 40.4. The molecule has 0 bridgehead atoms. The van der Waals surface area contributed by atoms with Crippen molar-refractivity contribution >= 4 is 55.2 Å². The molecule has 0 unspecified atom stereocenters. The minimum Gasteiger partial charge on any atom is -0.310 e. The topological polar surface area (TPSA) is 8.17 Å². The summed E-state index contributed by atoms with van der Waals surface area (Å²) in [4.78, 5) is 2.39. The summed E-state index contributed by atoms with van der Waals surface area (Å²) >= 11 is 0. The molecule has 0 amide bonds. The first-order chi connectivity index (χ1) is 36.1. The van der Waals surface area contributed by atoms with Crippen molar-refractivity contribution in [3.05, 3.63) is 297 Å². The summed E-state index contributed by atoms with van der Waals surface area (Å²) in [5, 5.41) is 4.84. The number of fused-ring (bicyclic) bond motifs is 7. The van der Waals surface area contributed by atoms with Crippen LogP contribution >= 0.6 is 0 Å². The van der Waals surface area contributed by atoms with Crippen LogP contribution in [0.1, 0.15) is 11.1 Å². The Balaban J connectivity index is 0.934. The molecule has 0 saturated heterocycles. The average molecular weight is 931 g/mol. The van der Waals surface area contributed by atoms with Gasteiger partial charge in [-0.1, -0.05) is 219 Å². The van der Waals surface area contributed by atoms with Crippen molar-refractivity contribution in [1.82, 2.24) is 4.57 Å². The van der Waals surface area contributed by atoms with Crippen LogP contribution in [0.5, 0.6) is 0 Å². The lowest BCUT2D eigenvalue weighted by Crippen LogP contribution is -2.10. The summed E-state index contributed by atoms with van der Waals surface area (Å²) < 4.78 is 2.46. The van der Waals surface area contributed by atoms with Crippen molar-refractivity contribution in [2.45, 2.75) is 6.42 Å². The summed E-state index contributed by atoms with van der Waals surface area (Å²) in [5.74, 6) is 0. The molecule has 1 aliphatic carbocycles. The van der Waals surface area contributed by atoms with E-state index in [0.717, 1.165) is 45.9 Å². The molecule has 11 aromatic carbocycles. The molecule has 0 radical (unpaired) electrons. The Hall–Kier alpha value is -9.50. The number of hydrogen-bond acceptors (Lipinski definition) is 1. The predicted molar refractivity (Wildman–Crippen MR) is 311 cm³/mol. The van der Waals surface area contributed by atoms with E-state index in [1.165, 1.54) is 88.2 Å². The van der Waals surface area contributed by atoms with E-state index in [1.807, 2.05) is 0 Å². The zero-order chi connectivity index (χ0) is 48.7. The van der Waals surface area contributed by atoms with E-state index >= 15 is 0 Å². The van der Waals surface area contributed by atoms with Gasteiger partial charge in [-0.15, -0.1) is 0 Å². The second-order valence-electron chi connectivity index (χ2n) is 18.9. The van der Waals surface area contributed by atoms with Gasteiger partial charge in [-0.05, 0) is 151 Å². The predicted octanol–water partition coefficient (Wildman–Crippen LogP) is 19.4. The molecule has 12 aromatic rings. The van der Waals surface area contributed by atoms with Gasteiger partial charge in [-0.2, -0.15) is 0 Å². The van der Waals surface area contributed by atoms with Crippen LogP contribution in [0.3, 0.4) is 0 Å². The highest BCUT2D eigenvalue weighted by Crippen LogP contribution is 2.43. The van der Waals surface area contributed by atoms with E-state index in [-0.39, 0.29) is 0 Å². The number of hydrogen-bond donors (Lipinski definition) is 0. The number of nitrogens with zero attached hydrogens (tertiary/aromatic N) is 2. The molecule has 73 heavy (non-hydrogen) atoms. The van der Waals surface area contributed by atoms with E-state index in [1.54, 1.807) is 0 Å². The number of aromatic nitrogens is 1. The highest BCUT2D eigenvalue weighted by atomic mass is 15.1. The lowest BCUT2D eigenvalue weighted by Gasteiger charge is -2.27. The van der Waals surface area contributed by atoms with Crippen LogP contribution in [0.15, 0.2) is 286 Å². The maximum Gasteiger partial charge on any atom is 0.0541 e. The molecule has 1 aliphatic rings. The summed E-state index contributed by atoms with van der Waals surface area (Å²) in [7, 11) is 0. The Bertz CT molecular complexity index is 4080. The molecule has 2 heteroatoms. The van der Waals surface area contributed by atoms with Gasteiger partial charge in [0.25, 0.3) is 0 Å². The normalized spacial score (nSPS) is 13.1. The van der Waals surface area contributed by atoms with Gasteiger partial charge in [0, 0.05) is 33.2 Å². The first-order valence-electron chi connectivity index (χ1n) is 25.1. The second kappa shape index (κ2) is 18.7. The van der Waals surface area contributed by atoms with E-state index < -0.39 is 0 Å². The van der Waals surface area contributed by atoms with Crippen molar-refractivity contribution in [1.29, 1.82) is 0 Å². The number of anilines is 3. The molecule has 0 saturated carbocycles. The first kappa shape index (κ1) is 43.5. The Morgan fingerprint density at radius 3 is 1.47 bits per heavy atom. The summed E-state index contributed by atoms with van der Waals surface area (Å²) in [5.41, 5.74) is 22.2. The Kier molecular flexibility index (Phi) is 11.1. The number of benzene rings is 11. The maximum atomic E-state index is 4.44. The molecule has 0 N–H and O–H groups in total. The lowest BCUT2D eigenvalue weighted by molar-refractivity contribution is 1.15. The summed E-state index contributed by atoms with van der Waals surface area (Å²) in [6.45, 7) is 4.44. The van der Waals surface area contributed by atoms with Gasteiger partial charge in [0.15, 0.2) is 0 Å². The summed E-state index contributed by atoms with van der Waals surface area (Å²) in [6.07, 6.45) is 9.41. The fraction of sp³-hybridized carbons (Fsp3) is 0.0141. The van der Waals surface area contributed by atoms with Gasteiger partial charge in [0.05, 0.1) is 16.7 Å². The Morgan fingerprint density at radius 1 is 0.356 bits per heavy atom. The van der Waals surface area contributed by atoms with Crippen molar-refractivity contribution < 1.29 is 0 Å². The molecule has 0 aliphatic heterocycles. The third-order valence-corrected chi connectivity index (χ3v) is 14.6. The van der Waals surface area contributed by atoms with E-state index in [4.69, 9.17) is 0 Å². The molecule has 0 fully saturated rings. The monoisotopic (exact) mass is 930 g/mol. The van der Waals surface area contributed by atoms with Crippen LogP contribution in [-0.2, 0) is 6.42 Å². The third-order valence-electron chi connectivity index (χ3n) is 14.6. The van der Waals surface area contributed by atoms with Crippen molar-refractivity contribution in [2.24, 2.45) is 0 Å². The first-order valence-corrected chi connectivity index (χ1v) is 25.1. The minimum atomic E-state index is 0.811. The molecule has 1 heterocycles. The van der Waals surface area contributed by atoms with Gasteiger partial charge in [0.2, 0.25) is 0 Å². The molecule has 13 rings (SSSR count). The molecular formula is C71H50N2. The van der Waals surface area contributed by atoms with E-state index in [0.29, 0.717) is 0 Å². The van der Waals surface area contributed by atoms with Gasteiger partial charge < -0.3 is 9.47 Å². The van der Waals surface area contributed by atoms with Crippen LogP contribution in [0.4, 0.5) is 17.1 Å². The molecule has 2 nitrogen and oxygen atoms in total. The van der Waals surface area contributed by atoms with Gasteiger partial charge in [-0.3, -0.25) is 0 Å². The third kappa shape index (κ3) is 8.15. The minimum absolute atomic E-state index is 0.811. The van der Waals surface area contributed by atoms with Crippen LogP contribution < -0.4 is 4.90 Å². The molecule has 1 aromatic heterocycles. The molecular weight excluding hydrogens is 881 g/mol. The number of allylic oxidation sites excluding steroid dienone is 5. The SMILES string of the molecule is C=C1/C=C\C=C/Cc2cc(-n3c4ccc(-c5ccc(-c6ccccc6)cc5)cc4c4cc(-c5ccc(N(c6ccc(-c7ccccc7)cc6)c6cccc7ccccc67)cc5)ccc43)ccc2-c2ccccc21. The average Bonchev–Trinajstić information content (AvgIpc) is 3.79. The van der Waals surface area contributed by atoms with Crippen molar-refractivity contribution in [2.75, 3.05) is 4.90 Å². The van der Waals surface area contributed by atoms with E-state index in [9.17, 15) is 0 Å².